The Labute approximate surface area is 270 Å². The predicted molar refractivity (Wildman–Crippen MR) is 175 cm³/mol. The lowest BCUT2D eigenvalue weighted by Crippen LogP contribution is -2.27. The van der Waals surface area contributed by atoms with E-state index >= 15 is 0 Å². The van der Waals surface area contributed by atoms with E-state index in [1.165, 1.54) is 18.2 Å². The summed E-state index contributed by atoms with van der Waals surface area (Å²) in [6.07, 6.45) is 4.66. The van der Waals surface area contributed by atoms with Crippen molar-refractivity contribution >= 4 is 34.8 Å². The minimum atomic E-state index is -1.34. The molecular weight excluding hydrogens is 604 g/mol. The van der Waals surface area contributed by atoms with Gasteiger partial charge < -0.3 is 29.7 Å². The lowest BCUT2D eigenvalue weighted by molar-refractivity contribution is 0.0546. The van der Waals surface area contributed by atoms with Crippen LogP contribution < -0.4 is 10.1 Å². The number of aromatic nitrogens is 3. The first-order chi connectivity index (χ1) is 22.5. The quantitative estimate of drug-likeness (QED) is 0.129. The number of fused-ring (bicyclic) bond motifs is 1. The Morgan fingerprint density at radius 1 is 0.809 bits per heavy atom. The number of carbonyl (C=O) groups is 3. The Morgan fingerprint density at radius 2 is 1.53 bits per heavy atom. The van der Waals surface area contributed by atoms with E-state index in [9.17, 15) is 19.5 Å². The van der Waals surface area contributed by atoms with Crippen LogP contribution in [0.2, 0.25) is 0 Å². The highest BCUT2D eigenvalue weighted by atomic mass is 16.6. The summed E-state index contributed by atoms with van der Waals surface area (Å²) in [6, 6.07) is 19.3. The fraction of sp³-hybridized carbons (Fsp3) is 0.229. The molecule has 12 heteroatoms. The molecule has 0 saturated heterocycles. The van der Waals surface area contributed by atoms with Gasteiger partial charge in [0.05, 0.1) is 41.7 Å². The van der Waals surface area contributed by atoms with Crippen LogP contribution >= 0.6 is 0 Å². The summed E-state index contributed by atoms with van der Waals surface area (Å²) in [7, 11) is 0. The van der Waals surface area contributed by atoms with Gasteiger partial charge >= 0.3 is 18.0 Å². The van der Waals surface area contributed by atoms with Gasteiger partial charge in [-0.1, -0.05) is 24.3 Å². The van der Waals surface area contributed by atoms with Gasteiger partial charge in [-0.3, -0.25) is 4.98 Å². The maximum atomic E-state index is 13.2. The Bertz CT molecular complexity index is 1890. The molecule has 0 aliphatic carbocycles. The monoisotopic (exact) mass is 638 g/mol. The molecule has 0 radical (unpaired) electrons. The lowest BCUT2D eigenvalue weighted by Gasteiger charge is -2.21. The zero-order valence-electron chi connectivity index (χ0n) is 26.1. The fourth-order valence-electron chi connectivity index (χ4n) is 4.82. The summed E-state index contributed by atoms with van der Waals surface area (Å²) in [5.41, 5.74) is 2.84. The average molecular weight is 639 g/mol. The van der Waals surface area contributed by atoms with Gasteiger partial charge in [-0.05, 0) is 74.4 Å². The van der Waals surface area contributed by atoms with Crippen LogP contribution in [-0.2, 0) is 9.47 Å². The number of carboxylic acids is 2. The number of carbonyl (C=O) groups excluding carboxylic acids is 1. The van der Waals surface area contributed by atoms with Crippen LogP contribution in [0.1, 0.15) is 41.5 Å². The number of nitrogens with zero attached hydrogens (tertiary/aromatic N) is 3. The molecule has 0 atom stereocenters. The van der Waals surface area contributed by atoms with E-state index in [1.807, 2.05) is 69.3 Å². The SMILES string of the molecule is CC(C)(C)OC(=O)n1c(-c2ccc(-c3ccc(NCCOCCOc4ccc(C(=O)O)c(C(=O)O)c4)nc3)cc2)cc2ccncc21. The maximum Gasteiger partial charge on any atom is 0.419 e. The van der Waals surface area contributed by atoms with E-state index in [-0.39, 0.29) is 30.1 Å². The fourth-order valence-corrected chi connectivity index (χ4v) is 4.82. The van der Waals surface area contributed by atoms with Crippen LogP contribution in [0.15, 0.2) is 85.3 Å². The molecule has 5 rings (SSSR count). The van der Waals surface area contributed by atoms with Crippen LogP contribution in [-0.4, -0.2) is 74.7 Å². The molecule has 3 N–H and O–H groups in total. The number of rotatable bonds is 12. The Morgan fingerprint density at radius 3 is 2.21 bits per heavy atom. The van der Waals surface area contributed by atoms with Crippen LogP contribution in [0.4, 0.5) is 10.6 Å². The summed E-state index contributed by atoms with van der Waals surface area (Å²) >= 11 is 0. The number of aromatic carboxylic acids is 2. The molecule has 242 valence electrons. The van der Waals surface area contributed by atoms with Crippen molar-refractivity contribution < 1.29 is 38.8 Å². The normalized spacial score (nSPS) is 11.3. The highest BCUT2D eigenvalue weighted by Crippen LogP contribution is 2.31. The van der Waals surface area contributed by atoms with E-state index in [0.717, 1.165) is 22.1 Å². The van der Waals surface area contributed by atoms with Crippen LogP contribution in [0, 0.1) is 0 Å². The summed E-state index contributed by atoms with van der Waals surface area (Å²) in [5.74, 6) is -1.74. The second kappa shape index (κ2) is 14.1. The molecule has 2 aromatic carbocycles. The zero-order chi connectivity index (χ0) is 33.6. The van der Waals surface area contributed by atoms with Crippen molar-refractivity contribution in [2.45, 2.75) is 26.4 Å². The van der Waals surface area contributed by atoms with E-state index < -0.39 is 23.6 Å². The number of hydrogen-bond donors (Lipinski definition) is 3. The van der Waals surface area contributed by atoms with Crippen molar-refractivity contribution in [1.29, 1.82) is 0 Å². The van der Waals surface area contributed by atoms with Gasteiger partial charge in [0.25, 0.3) is 0 Å². The number of anilines is 1. The van der Waals surface area contributed by atoms with E-state index in [0.29, 0.717) is 30.2 Å². The Balaban J connectivity index is 1.12. The number of pyridine rings is 2. The number of nitrogens with one attached hydrogen (secondary N) is 1. The molecule has 0 saturated carbocycles. The topological polar surface area (TPSA) is 162 Å². The van der Waals surface area contributed by atoms with Crippen LogP contribution in [0.5, 0.6) is 5.75 Å². The standard InChI is InChI=1S/C35H34N4O8/c1-35(2,3)47-34(44)39-29(18-24-12-13-36-21-30(24)39)23-6-4-22(5-7-23)25-8-11-31(38-20-25)37-14-15-45-16-17-46-26-9-10-27(32(40)41)28(19-26)33(42)43/h4-13,18-21H,14-17H2,1-3H3,(H,37,38)(H,40,41)(H,42,43). The van der Waals surface area contributed by atoms with E-state index in [1.54, 1.807) is 23.2 Å². The molecule has 0 fully saturated rings. The van der Waals surface area contributed by atoms with Crippen molar-refractivity contribution in [3.63, 3.8) is 0 Å². The summed E-state index contributed by atoms with van der Waals surface area (Å²) in [4.78, 5) is 44.3. The maximum absolute atomic E-state index is 13.2. The second-order valence-corrected chi connectivity index (χ2v) is 11.5. The first-order valence-electron chi connectivity index (χ1n) is 14.8. The van der Waals surface area contributed by atoms with Gasteiger partial charge in [0, 0.05) is 29.9 Å². The van der Waals surface area contributed by atoms with Crippen LogP contribution in [0.3, 0.4) is 0 Å². The highest BCUT2D eigenvalue weighted by molar-refractivity contribution is 6.02. The number of benzene rings is 2. The van der Waals surface area contributed by atoms with Gasteiger partial charge in [0.15, 0.2) is 0 Å². The number of ether oxygens (including phenoxy) is 3. The van der Waals surface area contributed by atoms with Crippen molar-refractivity contribution in [3.05, 3.63) is 96.4 Å². The van der Waals surface area contributed by atoms with Gasteiger partial charge in [-0.25, -0.2) is 23.9 Å². The summed E-state index contributed by atoms with van der Waals surface area (Å²) < 4.78 is 18.3. The Kier molecular flexibility index (Phi) is 9.81. The smallest absolute Gasteiger partial charge is 0.419 e. The number of hydrogen-bond acceptors (Lipinski definition) is 9. The van der Waals surface area contributed by atoms with Gasteiger partial charge in [-0.2, -0.15) is 0 Å². The molecular formula is C35H34N4O8. The third kappa shape index (κ3) is 8.10. The molecule has 47 heavy (non-hydrogen) atoms. The molecule has 12 nitrogen and oxygen atoms in total. The third-order valence-corrected chi connectivity index (χ3v) is 6.96. The van der Waals surface area contributed by atoms with Crippen molar-refractivity contribution in [2.75, 3.05) is 31.7 Å². The van der Waals surface area contributed by atoms with Gasteiger partial charge in [0.2, 0.25) is 0 Å². The molecule has 5 aromatic rings. The molecule has 0 amide bonds. The van der Waals surface area contributed by atoms with Crippen molar-refractivity contribution in [1.82, 2.24) is 14.5 Å². The predicted octanol–water partition coefficient (Wildman–Crippen LogP) is 6.45. The first-order valence-corrected chi connectivity index (χ1v) is 14.8. The first kappa shape index (κ1) is 32.6. The minimum Gasteiger partial charge on any atom is -0.491 e. The zero-order valence-corrected chi connectivity index (χ0v) is 26.1. The van der Waals surface area contributed by atoms with E-state index in [2.05, 4.69) is 15.3 Å². The molecule has 3 heterocycles. The average Bonchev–Trinajstić information content (AvgIpc) is 3.44. The molecule has 0 aliphatic heterocycles. The van der Waals surface area contributed by atoms with Gasteiger partial charge in [0.1, 0.15) is 23.8 Å². The third-order valence-electron chi connectivity index (χ3n) is 6.96. The lowest BCUT2D eigenvalue weighted by atomic mass is 10.0. The molecule has 0 aliphatic rings. The van der Waals surface area contributed by atoms with Crippen molar-refractivity contribution in [2.24, 2.45) is 0 Å². The Hall–Kier alpha value is -5.75. The minimum absolute atomic E-state index is 0.164. The largest absolute Gasteiger partial charge is 0.491 e. The van der Waals surface area contributed by atoms with Gasteiger partial charge in [-0.15, -0.1) is 0 Å². The molecule has 0 unspecified atom stereocenters. The second-order valence-electron chi connectivity index (χ2n) is 11.5. The molecule has 0 spiro atoms. The molecule has 3 aromatic heterocycles. The van der Waals surface area contributed by atoms with E-state index in [4.69, 9.17) is 19.3 Å². The van der Waals surface area contributed by atoms with Crippen molar-refractivity contribution in [3.8, 4) is 28.1 Å². The highest BCUT2D eigenvalue weighted by Gasteiger charge is 2.23. The molecule has 0 bridgehead atoms. The number of carboxylic acid groups (broad SMARTS) is 2. The summed E-state index contributed by atoms with van der Waals surface area (Å²) in [5, 5.41) is 22.4. The summed E-state index contributed by atoms with van der Waals surface area (Å²) in [6.45, 7) is 6.79. The van der Waals surface area contributed by atoms with Crippen LogP contribution in [0.25, 0.3) is 33.3 Å².